The summed E-state index contributed by atoms with van der Waals surface area (Å²) in [7, 11) is 1.75. The molecule has 0 aliphatic carbocycles. The van der Waals surface area contributed by atoms with Crippen molar-refractivity contribution in [1.82, 2.24) is 24.8 Å². The van der Waals surface area contributed by atoms with Gasteiger partial charge in [-0.05, 0) is 6.07 Å². The number of hydrogen-bond acceptors (Lipinski definition) is 5. The Morgan fingerprint density at radius 3 is 2.94 bits per heavy atom. The van der Waals surface area contributed by atoms with Crippen molar-refractivity contribution >= 4 is 5.78 Å². The van der Waals surface area contributed by atoms with Gasteiger partial charge in [0.1, 0.15) is 5.69 Å². The zero-order chi connectivity index (χ0) is 11.5. The molecule has 2 rings (SSSR count). The number of aromatic nitrogens is 5. The van der Waals surface area contributed by atoms with Crippen molar-refractivity contribution in [3.05, 3.63) is 29.8 Å². The standard InChI is InChI=1S/C9H12N6O/c1-14-4-2-7(12-14)9(16)8-6-15(5-3-10)13-11-8/h2,4,6H,3,5,10H2,1H3. The number of carbonyl (C=O) groups is 1. The molecule has 0 saturated heterocycles. The van der Waals surface area contributed by atoms with Crippen LogP contribution < -0.4 is 5.73 Å². The summed E-state index contributed by atoms with van der Waals surface area (Å²) in [6, 6.07) is 1.64. The highest BCUT2D eigenvalue weighted by atomic mass is 16.1. The highest BCUT2D eigenvalue weighted by Crippen LogP contribution is 2.03. The van der Waals surface area contributed by atoms with Gasteiger partial charge in [-0.1, -0.05) is 5.21 Å². The minimum atomic E-state index is -0.233. The van der Waals surface area contributed by atoms with Crippen molar-refractivity contribution in [2.24, 2.45) is 12.8 Å². The van der Waals surface area contributed by atoms with Crippen molar-refractivity contribution in [2.45, 2.75) is 6.54 Å². The van der Waals surface area contributed by atoms with E-state index < -0.39 is 0 Å². The van der Waals surface area contributed by atoms with Crippen molar-refractivity contribution in [2.75, 3.05) is 6.54 Å². The lowest BCUT2D eigenvalue weighted by Gasteiger charge is -1.92. The fourth-order valence-corrected chi connectivity index (χ4v) is 1.31. The van der Waals surface area contributed by atoms with Gasteiger partial charge in [0.15, 0.2) is 5.69 Å². The van der Waals surface area contributed by atoms with E-state index in [2.05, 4.69) is 15.4 Å². The topological polar surface area (TPSA) is 91.6 Å². The highest BCUT2D eigenvalue weighted by molar-refractivity contribution is 6.05. The molecule has 2 aromatic rings. The number of carbonyl (C=O) groups excluding carboxylic acids is 1. The summed E-state index contributed by atoms with van der Waals surface area (Å²) >= 11 is 0. The third-order valence-electron chi connectivity index (χ3n) is 2.08. The minimum absolute atomic E-state index is 0.233. The average molecular weight is 220 g/mol. The molecular formula is C9H12N6O. The van der Waals surface area contributed by atoms with E-state index in [0.29, 0.717) is 18.8 Å². The van der Waals surface area contributed by atoms with Gasteiger partial charge in [0.05, 0.1) is 12.7 Å². The zero-order valence-corrected chi connectivity index (χ0v) is 8.87. The molecule has 0 fully saturated rings. The summed E-state index contributed by atoms with van der Waals surface area (Å²) < 4.78 is 3.10. The van der Waals surface area contributed by atoms with Gasteiger partial charge < -0.3 is 5.73 Å². The zero-order valence-electron chi connectivity index (χ0n) is 8.87. The molecular weight excluding hydrogens is 208 g/mol. The Morgan fingerprint density at radius 1 is 1.50 bits per heavy atom. The highest BCUT2D eigenvalue weighted by Gasteiger charge is 2.15. The van der Waals surface area contributed by atoms with Crippen LogP contribution in [0.1, 0.15) is 16.2 Å². The Morgan fingerprint density at radius 2 is 2.31 bits per heavy atom. The van der Waals surface area contributed by atoms with Gasteiger partial charge in [0, 0.05) is 19.8 Å². The van der Waals surface area contributed by atoms with Crippen LogP contribution in [0.15, 0.2) is 18.5 Å². The van der Waals surface area contributed by atoms with Crippen molar-refractivity contribution in [3.63, 3.8) is 0 Å². The maximum atomic E-state index is 11.9. The fourth-order valence-electron chi connectivity index (χ4n) is 1.31. The molecule has 0 aliphatic heterocycles. The van der Waals surface area contributed by atoms with Crippen LogP contribution in [0.5, 0.6) is 0 Å². The number of nitrogens with two attached hydrogens (primary N) is 1. The summed E-state index contributed by atoms with van der Waals surface area (Å²) in [6.45, 7) is 1.00. The first-order chi connectivity index (χ1) is 7.70. The Balaban J connectivity index is 2.20. The van der Waals surface area contributed by atoms with Crippen LogP contribution in [0.25, 0.3) is 0 Å². The Kier molecular flexibility index (Phi) is 2.78. The summed E-state index contributed by atoms with van der Waals surface area (Å²) in [5, 5.41) is 11.6. The second kappa shape index (κ2) is 4.23. The molecule has 0 radical (unpaired) electrons. The van der Waals surface area contributed by atoms with Crippen LogP contribution in [0.4, 0.5) is 0 Å². The molecule has 0 bridgehead atoms. The van der Waals surface area contributed by atoms with Crippen LogP contribution in [0.3, 0.4) is 0 Å². The first kappa shape index (κ1) is 10.5. The second-order valence-electron chi connectivity index (χ2n) is 3.36. The van der Waals surface area contributed by atoms with E-state index in [-0.39, 0.29) is 11.5 Å². The van der Waals surface area contributed by atoms with Crippen LogP contribution in [0.2, 0.25) is 0 Å². The molecule has 16 heavy (non-hydrogen) atoms. The Bertz CT molecular complexity index is 500. The quantitative estimate of drug-likeness (QED) is 0.681. The first-order valence-electron chi connectivity index (χ1n) is 4.85. The first-order valence-corrected chi connectivity index (χ1v) is 4.85. The fraction of sp³-hybridized carbons (Fsp3) is 0.333. The van der Waals surface area contributed by atoms with E-state index in [0.717, 1.165) is 0 Å². The molecule has 2 N–H and O–H groups in total. The van der Waals surface area contributed by atoms with E-state index in [1.54, 1.807) is 30.2 Å². The molecule has 84 valence electrons. The maximum Gasteiger partial charge on any atom is 0.235 e. The van der Waals surface area contributed by atoms with E-state index in [4.69, 9.17) is 5.73 Å². The van der Waals surface area contributed by atoms with Gasteiger partial charge in [-0.25, -0.2) is 0 Å². The maximum absolute atomic E-state index is 11.9. The molecule has 2 aromatic heterocycles. The van der Waals surface area contributed by atoms with E-state index >= 15 is 0 Å². The van der Waals surface area contributed by atoms with E-state index in [1.807, 2.05) is 0 Å². The lowest BCUT2D eigenvalue weighted by Crippen LogP contribution is -2.10. The summed E-state index contributed by atoms with van der Waals surface area (Å²) in [4.78, 5) is 11.9. The van der Waals surface area contributed by atoms with Crippen LogP contribution in [-0.2, 0) is 13.6 Å². The van der Waals surface area contributed by atoms with Gasteiger partial charge in [0.25, 0.3) is 0 Å². The monoisotopic (exact) mass is 220 g/mol. The molecule has 0 spiro atoms. The largest absolute Gasteiger partial charge is 0.329 e. The molecule has 0 atom stereocenters. The third-order valence-corrected chi connectivity index (χ3v) is 2.08. The lowest BCUT2D eigenvalue weighted by atomic mass is 10.2. The van der Waals surface area contributed by atoms with Gasteiger partial charge in [0.2, 0.25) is 5.78 Å². The molecule has 0 aliphatic rings. The smallest absolute Gasteiger partial charge is 0.235 e. The summed E-state index contributed by atoms with van der Waals surface area (Å²) in [5.74, 6) is -0.233. The lowest BCUT2D eigenvalue weighted by molar-refractivity contribution is 0.102. The average Bonchev–Trinajstić information content (AvgIpc) is 2.87. The van der Waals surface area contributed by atoms with Crippen molar-refractivity contribution < 1.29 is 4.79 Å². The number of ketones is 1. The van der Waals surface area contributed by atoms with Crippen molar-refractivity contribution in [3.8, 4) is 0 Å². The number of rotatable bonds is 4. The van der Waals surface area contributed by atoms with Gasteiger partial charge in [-0.2, -0.15) is 5.10 Å². The van der Waals surface area contributed by atoms with Gasteiger partial charge in [-0.15, -0.1) is 5.10 Å². The molecule has 0 amide bonds. The van der Waals surface area contributed by atoms with E-state index in [1.165, 1.54) is 4.68 Å². The number of hydrogen-bond donors (Lipinski definition) is 1. The number of nitrogens with zero attached hydrogens (tertiary/aromatic N) is 5. The summed E-state index contributed by atoms with van der Waals surface area (Å²) in [5.41, 5.74) is 6.02. The SMILES string of the molecule is Cn1ccc(C(=O)c2cn(CCN)nn2)n1. The van der Waals surface area contributed by atoms with E-state index in [9.17, 15) is 4.79 Å². The molecule has 7 nitrogen and oxygen atoms in total. The molecule has 2 heterocycles. The second-order valence-corrected chi connectivity index (χ2v) is 3.36. The van der Waals surface area contributed by atoms with Crippen LogP contribution in [0, 0.1) is 0 Å². The van der Waals surface area contributed by atoms with Crippen LogP contribution >= 0.6 is 0 Å². The predicted octanol–water partition coefficient (Wildman–Crippen LogP) is -0.799. The molecule has 7 heteroatoms. The summed E-state index contributed by atoms with van der Waals surface area (Å²) in [6.07, 6.45) is 3.28. The number of aryl methyl sites for hydroxylation is 1. The van der Waals surface area contributed by atoms with Gasteiger partial charge >= 0.3 is 0 Å². The van der Waals surface area contributed by atoms with Gasteiger partial charge in [-0.3, -0.25) is 14.2 Å². The molecule has 0 aromatic carbocycles. The Hall–Kier alpha value is -2.02. The van der Waals surface area contributed by atoms with Crippen LogP contribution in [-0.4, -0.2) is 37.1 Å². The normalized spacial score (nSPS) is 10.6. The minimum Gasteiger partial charge on any atom is -0.329 e. The molecule has 0 unspecified atom stereocenters. The third kappa shape index (κ3) is 1.98. The Labute approximate surface area is 91.9 Å². The molecule has 0 saturated carbocycles. The predicted molar refractivity (Wildman–Crippen MR) is 55.7 cm³/mol. The van der Waals surface area contributed by atoms with Crippen molar-refractivity contribution in [1.29, 1.82) is 0 Å².